The van der Waals surface area contributed by atoms with Gasteiger partial charge in [0.05, 0.1) is 22.7 Å². The van der Waals surface area contributed by atoms with E-state index < -0.39 is 40.2 Å². The van der Waals surface area contributed by atoms with Crippen molar-refractivity contribution >= 4 is 39.1 Å². The zero-order chi connectivity index (χ0) is 31.0. The Morgan fingerprint density at radius 1 is 0.907 bits per heavy atom. The molecule has 0 bridgehead atoms. The van der Waals surface area contributed by atoms with Gasteiger partial charge in [0.1, 0.15) is 24.2 Å². The molecule has 0 fully saturated rings. The van der Waals surface area contributed by atoms with Crippen molar-refractivity contribution in [1.82, 2.24) is 10.2 Å². The Balaban J connectivity index is 1.80. The molecule has 0 radical (unpaired) electrons. The van der Waals surface area contributed by atoms with Gasteiger partial charge < -0.3 is 15.0 Å². The Labute approximate surface area is 255 Å². The van der Waals surface area contributed by atoms with Crippen molar-refractivity contribution < 1.29 is 27.1 Å². The van der Waals surface area contributed by atoms with Gasteiger partial charge in [0, 0.05) is 20.0 Å². The van der Waals surface area contributed by atoms with Gasteiger partial charge in [-0.3, -0.25) is 13.9 Å². The Hall–Kier alpha value is -4.41. The molecule has 4 aromatic carbocycles. The maximum absolute atomic E-state index is 14.2. The maximum Gasteiger partial charge on any atom is 0.264 e. The Morgan fingerprint density at radius 3 is 2.12 bits per heavy atom. The molecular weight excluding hydrogens is 593 g/mol. The Bertz CT molecular complexity index is 1660. The van der Waals surface area contributed by atoms with Gasteiger partial charge in [-0.2, -0.15) is 0 Å². The smallest absolute Gasteiger partial charge is 0.264 e. The summed E-state index contributed by atoms with van der Waals surface area (Å²) in [6, 6.07) is 25.8. The van der Waals surface area contributed by atoms with Crippen LogP contribution in [0.4, 0.5) is 10.1 Å². The summed E-state index contributed by atoms with van der Waals surface area (Å²) in [4.78, 5) is 28.8. The van der Waals surface area contributed by atoms with Gasteiger partial charge in [-0.1, -0.05) is 72.3 Å². The molecule has 8 nitrogen and oxygen atoms in total. The number of sulfonamides is 1. The highest BCUT2D eigenvalue weighted by molar-refractivity contribution is 7.92. The molecule has 0 aliphatic rings. The normalized spacial score (nSPS) is 11.8. The quantitative estimate of drug-likeness (QED) is 0.238. The molecule has 1 atom stereocenters. The average molecular weight is 624 g/mol. The summed E-state index contributed by atoms with van der Waals surface area (Å²) in [5.41, 5.74) is 1.48. The van der Waals surface area contributed by atoms with E-state index in [9.17, 15) is 22.4 Å². The molecule has 0 unspecified atom stereocenters. The second-order valence-electron chi connectivity index (χ2n) is 9.61. The summed E-state index contributed by atoms with van der Waals surface area (Å²) in [7, 11) is -1.37. The van der Waals surface area contributed by atoms with Gasteiger partial charge in [0.25, 0.3) is 10.0 Å². The van der Waals surface area contributed by atoms with Crippen LogP contribution in [-0.4, -0.2) is 51.9 Å². The molecule has 0 heterocycles. The van der Waals surface area contributed by atoms with Crippen LogP contribution < -0.4 is 14.4 Å². The summed E-state index contributed by atoms with van der Waals surface area (Å²) in [5.74, 6) is -1.22. The van der Waals surface area contributed by atoms with Gasteiger partial charge in [-0.25, -0.2) is 12.8 Å². The number of carbonyl (C=O) groups excluding carboxylic acids is 2. The molecule has 0 saturated heterocycles. The van der Waals surface area contributed by atoms with E-state index >= 15 is 0 Å². The fourth-order valence-corrected chi connectivity index (χ4v) is 6.24. The minimum Gasteiger partial charge on any atom is -0.495 e. The van der Waals surface area contributed by atoms with Crippen molar-refractivity contribution in [1.29, 1.82) is 0 Å². The number of rotatable bonds is 12. The number of amides is 2. The topological polar surface area (TPSA) is 96.0 Å². The average Bonchev–Trinajstić information content (AvgIpc) is 3.02. The lowest BCUT2D eigenvalue weighted by atomic mass is 10.0. The largest absolute Gasteiger partial charge is 0.495 e. The standard InChI is InChI=1S/C32H31ClFN3O5S/c1-35-32(39)29(19-23-9-5-3-6-10-23)36(21-24-13-15-25(34)16-14-24)31(38)22-37(26-17-18-30(42-2)28(33)20-26)43(40,41)27-11-7-4-8-12-27/h3-18,20,29H,19,21-22H2,1-2H3,(H,35,39)/t29-/m1/s1. The fraction of sp³-hybridized carbons (Fsp3) is 0.188. The third-order valence-electron chi connectivity index (χ3n) is 6.82. The van der Waals surface area contributed by atoms with E-state index in [0.29, 0.717) is 11.3 Å². The van der Waals surface area contributed by atoms with Crippen LogP contribution >= 0.6 is 11.6 Å². The predicted molar refractivity (Wildman–Crippen MR) is 164 cm³/mol. The molecule has 0 aliphatic heterocycles. The lowest BCUT2D eigenvalue weighted by molar-refractivity contribution is -0.139. The van der Waals surface area contributed by atoms with Gasteiger partial charge in [0.2, 0.25) is 11.8 Å². The molecule has 0 spiro atoms. The first kappa shape index (κ1) is 31.5. The summed E-state index contributed by atoms with van der Waals surface area (Å²) >= 11 is 6.36. The van der Waals surface area contributed by atoms with E-state index in [0.717, 1.165) is 9.87 Å². The zero-order valence-electron chi connectivity index (χ0n) is 23.6. The third-order valence-corrected chi connectivity index (χ3v) is 8.90. The van der Waals surface area contributed by atoms with E-state index in [1.54, 1.807) is 18.2 Å². The van der Waals surface area contributed by atoms with Crippen LogP contribution in [0.5, 0.6) is 5.75 Å². The first-order valence-corrected chi connectivity index (χ1v) is 15.2. The monoisotopic (exact) mass is 623 g/mol. The lowest BCUT2D eigenvalue weighted by Crippen LogP contribution is -2.53. The highest BCUT2D eigenvalue weighted by Crippen LogP contribution is 2.32. The molecule has 1 N–H and O–H groups in total. The van der Waals surface area contributed by atoms with Crippen LogP contribution in [0.15, 0.2) is 108 Å². The summed E-state index contributed by atoms with van der Waals surface area (Å²) in [6.45, 7) is -0.726. The molecule has 11 heteroatoms. The highest BCUT2D eigenvalue weighted by atomic mass is 35.5. The maximum atomic E-state index is 14.2. The number of carbonyl (C=O) groups is 2. The van der Waals surface area contributed by atoms with Gasteiger partial charge >= 0.3 is 0 Å². The van der Waals surface area contributed by atoms with Crippen molar-refractivity contribution in [3.8, 4) is 5.75 Å². The number of benzene rings is 4. The van der Waals surface area contributed by atoms with Crippen LogP contribution in [0, 0.1) is 5.82 Å². The van der Waals surface area contributed by atoms with E-state index in [2.05, 4.69) is 5.32 Å². The second kappa shape index (κ2) is 14.2. The van der Waals surface area contributed by atoms with Crippen LogP contribution in [0.25, 0.3) is 0 Å². The number of likely N-dealkylation sites (N-methyl/N-ethyl adjacent to an activating group) is 1. The predicted octanol–water partition coefficient (Wildman–Crippen LogP) is 5.07. The number of methoxy groups -OCH3 is 1. The van der Waals surface area contributed by atoms with Crippen molar-refractivity contribution in [3.05, 3.63) is 125 Å². The molecule has 0 aliphatic carbocycles. The Kier molecular flexibility index (Phi) is 10.4. The first-order valence-electron chi connectivity index (χ1n) is 13.3. The second-order valence-corrected chi connectivity index (χ2v) is 11.9. The molecular formula is C32H31ClFN3O5S. The molecule has 2 amide bonds. The van der Waals surface area contributed by atoms with Gasteiger partial charge in [0.15, 0.2) is 0 Å². The summed E-state index contributed by atoms with van der Waals surface area (Å²) in [6.07, 6.45) is 0.160. The van der Waals surface area contributed by atoms with Crippen LogP contribution in [0.2, 0.25) is 5.02 Å². The fourth-order valence-electron chi connectivity index (χ4n) is 4.57. The van der Waals surface area contributed by atoms with Crippen LogP contribution in [0.1, 0.15) is 11.1 Å². The SMILES string of the molecule is CNC(=O)[C@@H](Cc1ccccc1)N(Cc1ccc(F)cc1)C(=O)CN(c1ccc(OC)c(Cl)c1)S(=O)(=O)c1ccccc1. The van der Waals surface area contributed by atoms with Crippen molar-refractivity contribution in [2.45, 2.75) is 23.9 Å². The van der Waals surface area contributed by atoms with Crippen molar-refractivity contribution in [3.63, 3.8) is 0 Å². The Morgan fingerprint density at radius 2 is 1.53 bits per heavy atom. The molecule has 0 saturated carbocycles. The molecule has 4 aromatic rings. The summed E-state index contributed by atoms with van der Waals surface area (Å²) < 4.78 is 47.8. The lowest BCUT2D eigenvalue weighted by Gasteiger charge is -2.33. The van der Waals surface area contributed by atoms with Gasteiger partial charge in [-0.05, 0) is 53.6 Å². The molecule has 0 aromatic heterocycles. The van der Waals surface area contributed by atoms with Crippen LogP contribution in [-0.2, 0) is 32.6 Å². The molecule has 4 rings (SSSR count). The number of nitrogens with zero attached hydrogens (tertiary/aromatic N) is 2. The number of nitrogens with one attached hydrogen (secondary N) is 1. The van der Waals surface area contributed by atoms with Gasteiger partial charge in [-0.15, -0.1) is 0 Å². The van der Waals surface area contributed by atoms with Crippen LogP contribution in [0.3, 0.4) is 0 Å². The number of halogens is 2. The van der Waals surface area contributed by atoms with Crippen molar-refractivity contribution in [2.75, 3.05) is 25.0 Å². The van der Waals surface area contributed by atoms with E-state index in [1.807, 2.05) is 30.3 Å². The van der Waals surface area contributed by atoms with Crippen molar-refractivity contribution in [2.24, 2.45) is 0 Å². The molecule has 43 heavy (non-hydrogen) atoms. The minimum atomic E-state index is -4.27. The highest BCUT2D eigenvalue weighted by Gasteiger charge is 2.34. The van der Waals surface area contributed by atoms with E-state index in [-0.39, 0.29) is 28.6 Å². The number of hydrogen-bond acceptors (Lipinski definition) is 5. The van der Waals surface area contributed by atoms with E-state index in [1.165, 1.54) is 73.7 Å². The third kappa shape index (κ3) is 7.71. The minimum absolute atomic E-state index is 0.0352. The van der Waals surface area contributed by atoms with E-state index in [4.69, 9.17) is 16.3 Å². The zero-order valence-corrected chi connectivity index (χ0v) is 25.2. The summed E-state index contributed by atoms with van der Waals surface area (Å²) in [5, 5.41) is 2.77. The number of anilines is 1. The molecule has 224 valence electrons. The number of ether oxygens (including phenoxy) is 1. The first-order chi connectivity index (χ1) is 20.6. The number of hydrogen-bond donors (Lipinski definition) is 1.